The predicted molar refractivity (Wildman–Crippen MR) is 26.7 cm³/mol. The molecule has 0 aromatic heterocycles. The van der Waals surface area contributed by atoms with Crippen LogP contribution in [-0.4, -0.2) is 23.8 Å². The molecule has 0 aliphatic carbocycles. The number of nitrogens with one attached hydrogen (secondary N) is 1. The molecule has 40 valence electrons. The van der Waals surface area contributed by atoms with Gasteiger partial charge in [-0.3, -0.25) is 0 Å². The van der Waals surface area contributed by atoms with E-state index in [4.69, 9.17) is 12.0 Å². The maximum atomic E-state index is 8.76. The standard InChI is InChI=1S/C5H9NO/c1-4-2-5(7)3-6-4/h1,4-7H,2-3H2/t4-,5+/m1/s1. The lowest BCUT2D eigenvalue weighted by Crippen LogP contribution is -2.17. The summed E-state index contributed by atoms with van der Waals surface area (Å²) in [5.41, 5.74) is 0. The monoisotopic (exact) mass is 99.1 g/mol. The van der Waals surface area contributed by atoms with E-state index in [1.165, 1.54) is 0 Å². The molecule has 0 unspecified atom stereocenters. The summed E-state index contributed by atoms with van der Waals surface area (Å²) in [5, 5.41) is 11.7. The third-order valence-corrected chi connectivity index (χ3v) is 1.14. The zero-order valence-corrected chi connectivity index (χ0v) is 4.09. The molecule has 2 N–H and O–H groups in total. The highest BCUT2D eigenvalue weighted by Crippen LogP contribution is 2.02. The van der Waals surface area contributed by atoms with Crippen molar-refractivity contribution in [2.45, 2.75) is 18.6 Å². The lowest BCUT2D eigenvalue weighted by Gasteiger charge is -1.95. The Bertz CT molecular complexity index is 57.1. The molecule has 0 bridgehead atoms. The van der Waals surface area contributed by atoms with Crippen molar-refractivity contribution in [1.82, 2.24) is 5.32 Å². The molecule has 1 aliphatic heterocycles. The van der Waals surface area contributed by atoms with E-state index < -0.39 is 0 Å². The topological polar surface area (TPSA) is 32.3 Å². The van der Waals surface area contributed by atoms with E-state index in [1.807, 2.05) is 0 Å². The van der Waals surface area contributed by atoms with Gasteiger partial charge in [-0.05, 0) is 13.3 Å². The van der Waals surface area contributed by atoms with Crippen LogP contribution in [0.4, 0.5) is 0 Å². The lowest BCUT2D eigenvalue weighted by molar-refractivity contribution is 0.194. The lowest BCUT2D eigenvalue weighted by atomic mass is 10.2. The Morgan fingerprint density at radius 2 is 2.43 bits per heavy atom. The van der Waals surface area contributed by atoms with Gasteiger partial charge in [-0.15, -0.1) is 0 Å². The molecular weight excluding hydrogens is 90.1 g/mol. The van der Waals surface area contributed by atoms with Gasteiger partial charge in [-0.2, -0.15) is 0 Å². The second-order valence-corrected chi connectivity index (χ2v) is 1.90. The predicted octanol–water partition coefficient (Wildman–Crippen LogP) is -0.580. The maximum absolute atomic E-state index is 8.76. The van der Waals surface area contributed by atoms with Gasteiger partial charge in [0.05, 0.1) is 6.10 Å². The van der Waals surface area contributed by atoms with Crippen LogP contribution < -0.4 is 5.32 Å². The number of aliphatic hydroxyl groups is 1. The first-order chi connectivity index (χ1) is 3.29. The van der Waals surface area contributed by atoms with Crippen LogP contribution in [0.2, 0.25) is 0 Å². The Morgan fingerprint density at radius 1 is 1.71 bits per heavy atom. The molecule has 2 heteroatoms. The van der Waals surface area contributed by atoms with E-state index in [2.05, 4.69) is 5.32 Å². The number of hydrogen-bond donors (Lipinski definition) is 2. The molecule has 2 nitrogen and oxygen atoms in total. The summed E-state index contributed by atoms with van der Waals surface area (Å²) in [6.45, 7) is 6.01. The summed E-state index contributed by atoms with van der Waals surface area (Å²) >= 11 is 0. The van der Waals surface area contributed by atoms with Crippen molar-refractivity contribution in [1.29, 1.82) is 0 Å². The maximum Gasteiger partial charge on any atom is 0.0679 e. The Morgan fingerprint density at radius 3 is 2.57 bits per heavy atom. The molecule has 1 saturated heterocycles. The third-order valence-electron chi connectivity index (χ3n) is 1.14. The number of hydrogen-bond acceptors (Lipinski definition) is 2. The molecule has 1 aliphatic rings. The van der Waals surface area contributed by atoms with E-state index in [0.717, 1.165) is 0 Å². The van der Waals surface area contributed by atoms with Crippen LogP contribution in [-0.2, 0) is 0 Å². The molecule has 0 spiro atoms. The minimum absolute atomic E-state index is 0.0231. The first kappa shape index (κ1) is 5.06. The molecule has 0 aromatic rings. The average Bonchev–Trinajstić information content (AvgIpc) is 1.87. The van der Waals surface area contributed by atoms with Gasteiger partial charge >= 0.3 is 0 Å². The normalized spacial score (nSPS) is 42.0. The highest BCUT2D eigenvalue weighted by atomic mass is 16.3. The first-order valence-corrected chi connectivity index (χ1v) is 2.46. The van der Waals surface area contributed by atoms with Crippen LogP contribution in [0, 0.1) is 6.92 Å². The molecule has 2 radical (unpaired) electrons. The van der Waals surface area contributed by atoms with E-state index >= 15 is 0 Å². The Balaban J connectivity index is 2.26. The van der Waals surface area contributed by atoms with E-state index in [0.29, 0.717) is 13.0 Å². The van der Waals surface area contributed by atoms with E-state index in [-0.39, 0.29) is 12.1 Å². The Labute approximate surface area is 43.5 Å². The summed E-state index contributed by atoms with van der Waals surface area (Å²) < 4.78 is 0. The third kappa shape index (κ3) is 1.14. The van der Waals surface area contributed by atoms with Crippen molar-refractivity contribution in [3.8, 4) is 0 Å². The van der Waals surface area contributed by atoms with Crippen molar-refractivity contribution >= 4 is 0 Å². The van der Waals surface area contributed by atoms with E-state index in [9.17, 15) is 0 Å². The molecule has 7 heavy (non-hydrogen) atoms. The SMILES string of the molecule is [CH][C@@H]1C[C@H](O)CN1. The number of β-amino-alcohol motifs (C(OH)–C–C–N with tert-alkyl or cyclic N) is 1. The molecule has 0 amide bonds. The van der Waals surface area contributed by atoms with Crippen LogP contribution in [0.15, 0.2) is 0 Å². The zero-order chi connectivity index (χ0) is 5.28. The van der Waals surface area contributed by atoms with Gasteiger partial charge in [0.25, 0.3) is 0 Å². The average molecular weight is 99.1 g/mol. The number of rotatable bonds is 0. The summed E-state index contributed by atoms with van der Waals surface area (Å²) in [6, 6.07) is 0.0231. The fourth-order valence-corrected chi connectivity index (χ4v) is 0.747. The van der Waals surface area contributed by atoms with Crippen molar-refractivity contribution in [2.75, 3.05) is 6.54 Å². The number of aliphatic hydroxyl groups excluding tert-OH is 1. The van der Waals surface area contributed by atoms with Gasteiger partial charge in [0.1, 0.15) is 0 Å². The summed E-state index contributed by atoms with van der Waals surface area (Å²) in [4.78, 5) is 0. The molecule has 1 heterocycles. The van der Waals surface area contributed by atoms with Gasteiger partial charge in [-0.25, -0.2) is 0 Å². The minimum atomic E-state index is -0.213. The molecular formula is C5H9NO. The van der Waals surface area contributed by atoms with Crippen LogP contribution >= 0.6 is 0 Å². The second kappa shape index (κ2) is 1.80. The van der Waals surface area contributed by atoms with Crippen LogP contribution in [0.25, 0.3) is 0 Å². The van der Waals surface area contributed by atoms with Crippen molar-refractivity contribution in [2.24, 2.45) is 0 Å². The zero-order valence-electron chi connectivity index (χ0n) is 4.09. The summed E-state index contributed by atoms with van der Waals surface area (Å²) in [7, 11) is 0. The first-order valence-electron chi connectivity index (χ1n) is 2.46. The van der Waals surface area contributed by atoms with Crippen LogP contribution in [0.3, 0.4) is 0 Å². The van der Waals surface area contributed by atoms with E-state index in [1.54, 1.807) is 0 Å². The highest BCUT2D eigenvalue weighted by molar-refractivity contribution is 4.81. The quantitative estimate of drug-likeness (QED) is 0.426. The largest absolute Gasteiger partial charge is 0.392 e. The minimum Gasteiger partial charge on any atom is -0.392 e. The summed E-state index contributed by atoms with van der Waals surface area (Å²) in [5.74, 6) is 0. The van der Waals surface area contributed by atoms with Gasteiger partial charge in [0, 0.05) is 12.6 Å². The molecule has 0 aromatic carbocycles. The van der Waals surface area contributed by atoms with Gasteiger partial charge in [0.2, 0.25) is 0 Å². The smallest absolute Gasteiger partial charge is 0.0679 e. The molecule has 2 atom stereocenters. The van der Waals surface area contributed by atoms with Crippen LogP contribution in [0.1, 0.15) is 6.42 Å². The highest BCUT2D eigenvalue weighted by Gasteiger charge is 2.16. The van der Waals surface area contributed by atoms with Gasteiger partial charge in [0.15, 0.2) is 0 Å². The fraction of sp³-hybridized carbons (Fsp3) is 0.800. The van der Waals surface area contributed by atoms with Crippen molar-refractivity contribution < 1.29 is 5.11 Å². The van der Waals surface area contributed by atoms with Gasteiger partial charge < -0.3 is 10.4 Å². The summed E-state index contributed by atoms with van der Waals surface area (Å²) in [6.07, 6.45) is 0.481. The molecule has 0 saturated carbocycles. The molecule has 1 rings (SSSR count). The van der Waals surface area contributed by atoms with Crippen LogP contribution in [0.5, 0.6) is 0 Å². The van der Waals surface area contributed by atoms with Gasteiger partial charge in [-0.1, -0.05) is 0 Å². The van der Waals surface area contributed by atoms with Crippen molar-refractivity contribution in [3.05, 3.63) is 6.92 Å². The van der Waals surface area contributed by atoms with Crippen molar-refractivity contribution in [3.63, 3.8) is 0 Å². The Kier molecular flexibility index (Phi) is 1.30. The fourth-order valence-electron chi connectivity index (χ4n) is 0.747. The second-order valence-electron chi connectivity index (χ2n) is 1.90. The Hall–Kier alpha value is -0.0800. The molecule has 1 fully saturated rings.